The fraction of sp³-hybridized carbons (Fsp3) is 0.877. The Bertz CT molecular complexity index is 1320. The first kappa shape index (κ1) is 76.6. The Balaban J connectivity index is 4.05. The van der Waals surface area contributed by atoms with Gasteiger partial charge in [0.15, 0.2) is 6.10 Å². The van der Waals surface area contributed by atoms with Gasteiger partial charge < -0.3 is 14.2 Å². The van der Waals surface area contributed by atoms with Gasteiger partial charge in [-0.2, -0.15) is 0 Å². The quantitative estimate of drug-likeness (QED) is 0.0261. The first-order chi connectivity index (χ1) is 39.0. The van der Waals surface area contributed by atoms with Gasteiger partial charge in [0.1, 0.15) is 13.2 Å². The third kappa shape index (κ3) is 66.3. The van der Waals surface area contributed by atoms with E-state index in [0.717, 1.165) is 70.6 Å². The zero-order valence-corrected chi connectivity index (χ0v) is 53.4. The summed E-state index contributed by atoms with van der Waals surface area (Å²) in [7, 11) is 0. The maximum absolute atomic E-state index is 12.9. The summed E-state index contributed by atoms with van der Waals surface area (Å²) in [6.07, 6.45) is 84.8. The summed E-state index contributed by atoms with van der Waals surface area (Å²) < 4.78 is 16.9. The van der Waals surface area contributed by atoms with E-state index in [4.69, 9.17) is 14.2 Å². The van der Waals surface area contributed by atoms with E-state index in [-0.39, 0.29) is 31.1 Å². The number of rotatable bonds is 66. The molecule has 0 aliphatic carbocycles. The summed E-state index contributed by atoms with van der Waals surface area (Å²) in [4.78, 5) is 38.3. The van der Waals surface area contributed by atoms with Crippen molar-refractivity contribution in [2.75, 3.05) is 13.2 Å². The second-order valence-corrected chi connectivity index (χ2v) is 24.1. The van der Waals surface area contributed by atoms with Gasteiger partial charge in [-0.25, -0.2) is 0 Å². The Labute approximate surface area is 493 Å². The molecule has 0 saturated heterocycles. The van der Waals surface area contributed by atoms with Gasteiger partial charge in [-0.1, -0.05) is 333 Å². The van der Waals surface area contributed by atoms with Gasteiger partial charge in [0.05, 0.1) is 0 Å². The summed E-state index contributed by atoms with van der Waals surface area (Å²) in [5, 5.41) is 0. The van der Waals surface area contributed by atoms with Gasteiger partial charge in [0, 0.05) is 19.3 Å². The van der Waals surface area contributed by atoms with Crippen LogP contribution >= 0.6 is 0 Å². The highest BCUT2D eigenvalue weighted by Crippen LogP contribution is 2.18. The topological polar surface area (TPSA) is 78.9 Å². The van der Waals surface area contributed by atoms with Crippen LogP contribution in [0.5, 0.6) is 0 Å². The predicted octanol–water partition coefficient (Wildman–Crippen LogP) is 24.3. The van der Waals surface area contributed by atoms with Crippen LogP contribution in [-0.4, -0.2) is 37.2 Å². The molecule has 0 amide bonds. The van der Waals surface area contributed by atoms with Crippen LogP contribution in [0.3, 0.4) is 0 Å². The molecule has 0 rings (SSSR count). The third-order valence-electron chi connectivity index (χ3n) is 16.1. The molecule has 464 valence electrons. The molecule has 79 heavy (non-hydrogen) atoms. The highest BCUT2D eigenvalue weighted by molar-refractivity contribution is 5.71. The number of ether oxygens (including phenoxy) is 3. The number of allylic oxidation sites excluding steroid dienone is 6. The summed E-state index contributed by atoms with van der Waals surface area (Å²) >= 11 is 0. The van der Waals surface area contributed by atoms with E-state index in [0.29, 0.717) is 19.3 Å². The van der Waals surface area contributed by atoms with E-state index in [1.807, 2.05) is 0 Å². The molecular formula is C73H136O6. The lowest BCUT2D eigenvalue weighted by Crippen LogP contribution is -2.30. The van der Waals surface area contributed by atoms with Crippen LogP contribution < -0.4 is 0 Å². The average Bonchev–Trinajstić information content (AvgIpc) is 3.45. The minimum absolute atomic E-state index is 0.0700. The number of hydrogen-bond acceptors (Lipinski definition) is 6. The van der Waals surface area contributed by atoms with Crippen molar-refractivity contribution in [1.82, 2.24) is 0 Å². The Morgan fingerprint density at radius 3 is 0.722 bits per heavy atom. The van der Waals surface area contributed by atoms with Gasteiger partial charge in [0.25, 0.3) is 0 Å². The average molecular weight is 1110 g/mol. The minimum atomic E-state index is -0.773. The summed E-state index contributed by atoms with van der Waals surface area (Å²) in [6, 6.07) is 0. The molecule has 0 fully saturated rings. The smallest absolute Gasteiger partial charge is 0.306 e. The number of esters is 3. The van der Waals surface area contributed by atoms with E-state index in [2.05, 4.69) is 57.2 Å². The predicted molar refractivity (Wildman–Crippen MR) is 344 cm³/mol. The first-order valence-corrected chi connectivity index (χ1v) is 35.5. The summed E-state index contributed by atoms with van der Waals surface area (Å²) in [5.41, 5.74) is 0. The van der Waals surface area contributed by atoms with Crippen molar-refractivity contribution in [2.24, 2.45) is 0 Å². The maximum atomic E-state index is 12.9. The Kier molecular flexibility index (Phi) is 66.1. The fourth-order valence-electron chi connectivity index (χ4n) is 10.8. The molecule has 0 saturated carbocycles. The monoisotopic (exact) mass is 1110 g/mol. The third-order valence-corrected chi connectivity index (χ3v) is 16.1. The van der Waals surface area contributed by atoms with E-state index in [9.17, 15) is 14.4 Å². The van der Waals surface area contributed by atoms with E-state index >= 15 is 0 Å². The van der Waals surface area contributed by atoms with Crippen LogP contribution in [-0.2, 0) is 28.6 Å². The van der Waals surface area contributed by atoms with Gasteiger partial charge in [-0.15, -0.1) is 0 Å². The molecule has 0 heterocycles. The molecule has 0 aromatic rings. The first-order valence-electron chi connectivity index (χ1n) is 35.5. The molecule has 0 spiro atoms. The van der Waals surface area contributed by atoms with Crippen molar-refractivity contribution >= 4 is 17.9 Å². The van der Waals surface area contributed by atoms with Crippen LogP contribution in [0.15, 0.2) is 36.5 Å². The Morgan fingerprint density at radius 2 is 0.456 bits per heavy atom. The SMILES string of the molecule is CCCCCC/C=C\C/C=C\CCCCCCCCCC(=O)OC(COC(=O)CCCCCCCCCCCC)COC(=O)CCCCCCCCCCCCCCCCCCCCCCC/C=C\CCCCCCCCCC. The molecule has 0 aliphatic heterocycles. The highest BCUT2D eigenvalue weighted by atomic mass is 16.6. The molecular weight excluding hydrogens is 973 g/mol. The lowest BCUT2D eigenvalue weighted by Gasteiger charge is -2.18. The zero-order chi connectivity index (χ0) is 57.1. The normalized spacial score (nSPS) is 12.2. The van der Waals surface area contributed by atoms with Crippen molar-refractivity contribution < 1.29 is 28.6 Å². The van der Waals surface area contributed by atoms with E-state index in [1.54, 1.807) is 0 Å². The molecule has 0 aromatic heterocycles. The molecule has 0 aliphatic rings. The van der Waals surface area contributed by atoms with Crippen LogP contribution in [0.4, 0.5) is 0 Å². The molecule has 6 heteroatoms. The number of carbonyl (C=O) groups is 3. The molecule has 0 radical (unpaired) electrons. The van der Waals surface area contributed by atoms with Crippen LogP contribution in [0, 0.1) is 0 Å². The molecule has 0 aromatic carbocycles. The minimum Gasteiger partial charge on any atom is -0.462 e. The van der Waals surface area contributed by atoms with E-state index in [1.165, 1.54) is 283 Å². The molecule has 0 N–H and O–H groups in total. The largest absolute Gasteiger partial charge is 0.462 e. The maximum Gasteiger partial charge on any atom is 0.306 e. The standard InChI is InChI=1S/C73H136O6/c1-4-7-10-13-16-19-22-24-26-28-30-31-32-33-34-35-36-37-38-39-40-41-42-43-44-46-47-49-51-54-57-60-63-66-72(75)78-69-70(68-77-71(74)65-62-59-56-53-21-18-15-12-9-6-3)79-73(76)67-64-61-58-55-52-50-48-45-29-27-25-23-20-17-14-11-8-5-2/h20,23,27-30,70H,4-19,21-22,24-26,31-69H2,1-3H3/b23-20-,29-27-,30-28-. The number of unbranched alkanes of at least 4 members (excludes halogenated alkanes) is 49. The van der Waals surface area contributed by atoms with Gasteiger partial charge >= 0.3 is 17.9 Å². The van der Waals surface area contributed by atoms with Crippen LogP contribution in [0.1, 0.15) is 393 Å². The molecule has 6 nitrogen and oxygen atoms in total. The van der Waals surface area contributed by atoms with Crippen LogP contribution in [0.2, 0.25) is 0 Å². The Hall–Kier alpha value is -2.37. The summed E-state index contributed by atoms with van der Waals surface area (Å²) in [5.74, 6) is -0.854. The van der Waals surface area contributed by atoms with Crippen molar-refractivity contribution in [3.05, 3.63) is 36.5 Å². The lowest BCUT2D eigenvalue weighted by molar-refractivity contribution is -0.167. The van der Waals surface area contributed by atoms with E-state index < -0.39 is 6.10 Å². The van der Waals surface area contributed by atoms with Gasteiger partial charge in [0.2, 0.25) is 0 Å². The lowest BCUT2D eigenvalue weighted by atomic mass is 10.0. The van der Waals surface area contributed by atoms with Crippen molar-refractivity contribution in [2.45, 2.75) is 399 Å². The molecule has 0 bridgehead atoms. The number of hydrogen-bond donors (Lipinski definition) is 0. The second kappa shape index (κ2) is 68.1. The van der Waals surface area contributed by atoms with Crippen molar-refractivity contribution in [3.8, 4) is 0 Å². The fourth-order valence-corrected chi connectivity index (χ4v) is 10.8. The van der Waals surface area contributed by atoms with Crippen LogP contribution in [0.25, 0.3) is 0 Å². The highest BCUT2D eigenvalue weighted by Gasteiger charge is 2.19. The molecule has 1 unspecified atom stereocenters. The Morgan fingerprint density at radius 1 is 0.253 bits per heavy atom. The zero-order valence-electron chi connectivity index (χ0n) is 53.4. The van der Waals surface area contributed by atoms with Gasteiger partial charge in [-0.05, 0) is 77.0 Å². The van der Waals surface area contributed by atoms with Crippen molar-refractivity contribution in [3.63, 3.8) is 0 Å². The summed E-state index contributed by atoms with van der Waals surface area (Å²) in [6.45, 7) is 6.67. The molecule has 1 atom stereocenters. The van der Waals surface area contributed by atoms with Gasteiger partial charge in [-0.3, -0.25) is 14.4 Å². The number of carbonyl (C=O) groups excluding carboxylic acids is 3. The second-order valence-electron chi connectivity index (χ2n) is 24.1. The van der Waals surface area contributed by atoms with Crippen molar-refractivity contribution in [1.29, 1.82) is 0 Å².